The van der Waals surface area contributed by atoms with Gasteiger partial charge in [0, 0.05) is 22.4 Å². The number of rotatable bonds is 19. The number of fused-ring (bicyclic) bond motifs is 5. The van der Waals surface area contributed by atoms with Crippen molar-refractivity contribution in [3.05, 3.63) is 11.6 Å². The molecule has 3 saturated carbocycles. The van der Waals surface area contributed by atoms with E-state index in [1.807, 2.05) is 4.90 Å². The lowest BCUT2D eigenvalue weighted by atomic mass is 9.47. The van der Waals surface area contributed by atoms with E-state index >= 15 is 0 Å². The molecule has 0 bridgehead atoms. The predicted octanol–water partition coefficient (Wildman–Crippen LogP) is 11.2. The lowest BCUT2D eigenvalue weighted by Gasteiger charge is -2.58. The summed E-state index contributed by atoms with van der Waals surface area (Å²) in [7, 11) is 8.55. The molecule has 0 aliphatic heterocycles. The van der Waals surface area contributed by atoms with Crippen LogP contribution >= 0.6 is 0 Å². The first-order valence-electron chi connectivity index (χ1n) is 20.8. The van der Waals surface area contributed by atoms with Gasteiger partial charge in [-0.25, -0.2) is 4.79 Å². The Bertz CT molecular complexity index is 1020. The first-order chi connectivity index (χ1) is 22.8. The third kappa shape index (κ3) is 10.3. The first kappa shape index (κ1) is 39.7. The van der Waals surface area contributed by atoms with E-state index in [4.69, 9.17) is 4.74 Å². The van der Waals surface area contributed by atoms with E-state index in [1.54, 1.807) is 5.57 Å². The van der Waals surface area contributed by atoms with Gasteiger partial charge in [-0.05, 0) is 152 Å². The molecule has 0 heterocycles. The Morgan fingerprint density at radius 1 is 0.792 bits per heavy atom. The van der Waals surface area contributed by atoms with Gasteiger partial charge >= 0.3 is 6.09 Å². The lowest BCUT2D eigenvalue weighted by Crippen LogP contribution is -2.51. The Kier molecular flexibility index (Phi) is 15.2. The van der Waals surface area contributed by atoms with Crippen molar-refractivity contribution in [2.24, 2.45) is 46.3 Å². The number of nitrogens with zero attached hydrogens (tertiary/aromatic N) is 3. The number of carbonyl (C=O) groups excluding carboxylic acids is 1. The van der Waals surface area contributed by atoms with E-state index in [0.717, 1.165) is 80.8 Å². The van der Waals surface area contributed by atoms with E-state index < -0.39 is 0 Å². The van der Waals surface area contributed by atoms with Gasteiger partial charge in [-0.2, -0.15) is 0 Å². The van der Waals surface area contributed by atoms with Crippen LogP contribution < -0.4 is 0 Å². The summed E-state index contributed by atoms with van der Waals surface area (Å²) in [6.07, 6.45) is 25.5. The van der Waals surface area contributed by atoms with Crippen LogP contribution in [0.1, 0.15) is 153 Å². The fourth-order valence-electron chi connectivity index (χ4n) is 11.3. The quantitative estimate of drug-likeness (QED) is 0.101. The molecular weight excluding hydrogens is 590 g/mol. The van der Waals surface area contributed by atoms with Gasteiger partial charge in [0.25, 0.3) is 0 Å². The molecule has 4 aliphatic rings. The lowest BCUT2D eigenvalue weighted by molar-refractivity contribution is -0.0593. The molecule has 2 unspecified atom stereocenters. The van der Waals surface area contributed by atoms with Crippen molar-refractivity contribution in [1.29, 1.82) is 0 Å². The van der Waals surface area contributed by atoms with Crippen LogP contribution in [0.25, 0.3) is 0 Å². The Hall–Kier alpha value is -1.07. The Labute approximate surface area is 301 Å². The Morgan fingerprint density at radius 3 is 2.12 bits per heavy atom. The third-order valence-corrected chi connectivity index (χ3v) is 14.1. The molecule has 0 N–H and O–H groups in total. The van der Waals surface area contributed by atoms with Crippen LogP contribution in [0.2, 0.25) is 0 Å². The van der Waals surface area contributed by atoms with E-state index in [0.29, 0.717) is 10.8 Å². The number of allylic oxidation sites excluding steroid dienone is 1. The molecule has 0 aromatic heterocycles. The molecule has 4 rings (SSSR count). The molecule has 5 nitrogen and oxygen atoms in total. The highest BCUT2D eigenvalue weighted by molar-refractivity contribution is 5.67. The third-order valence-electron chi connectivity index (χ3n) is 14.1. The fourth-order valence-corrected chi connectivity index (χ4v) is 11.3. The second kappa shape index (κ2) is 18.4. The van der Waals surface area contributed by atoms with Gasteiger partial charge < -0.3 is 19.4 Å². The maximum Gasteiger partial charge on any atom is 0.410 e. The van der Waals surface area contributed by atoms with Crippen molar-refractivity contribution < 1.29 is 12.4 Å². The normalized spacial score (nSPS) is 32.2. The van der Waals surface area contributed by atoms with Crippen molar-refractivity contribution in [1.82, 2.24) is 14.7 Å². The Morgan fingerprint density at radius 2 is 1.44 bits per heavy atom. The zero-order valence-corrected chi connectivity index (χ0v) is 33.3. The van der Waals surface area contributed by atoms with Crippen molar-refractivity contribution in [2.75, 3.05) is 54.4 Å². The fraction of sp³-hybridized carbons (Fsp3) is 0.930. The maximum absolute atomic E-state index is 13.6. The van der Waals surface area contributed by atoms with Crippen LogP contribution in [0.3, 0.4) is 0 Å². The summed E-state index contributed by atoms with van der Waals surface area (Å²) in [5.41, 5.74) is 2.46. The molecule has 3 fully saturated rings. The molecule has 8 atom stereocenters. The second-order valence-corrected chi connectivity index (χ2v) is 18.6. The van der Waals surface area contributed by atoms with Crippen molar-refractivity contribution in [2.45, 2.75) is 156 Å². The molecule has 5 heteroatoms. The summed E-state index contributed by atoms with van der Waals surface area (Å²) in [6, 6.07) is 0. The minimum absolute atomic E-state index is 0. The minimum atomic E-state index is -0.0597. The molecule has 0 radical (unpaired) electrons. The van der Waals surface area contributed by atoms with Crippen molar-refractivity contribution in [3.8, 4) is 0 Å². The van der Waals surface area contributed by atoms with Gasteiger partial charge in [0.15, 0.2) is 0 Å². The van der Waals surface area contributed by atoms with E-state index in [1.165, 1.54) is 96.4 Å². The average Bonchev–Trinajstić information content (AvgIpc) is 3.38. The largest absolute Gasteiger partial charge is 0.446 e. The van der Waals surface area contributed by atoms with Gasteiger partial charge in [0.1, 0.15) is 6.10 Å². The van der Waals surface area contributed by atoms with Gasteiger partial charge in [-0.1, -0.05) is 91.2 Å². The topological polar surface area (TPSA) is 36.0 Å². The van der Waals surface area contributed by atoms with Crippen LogP contribution in [0.15, 0.2) is 11.6 Å². The van der Waals surface area contributed by atoms with Crippen LogP contribution in [-0.4, -0.2) is 81.3 Å². The highest BCUT2D eigenvalue weighted by Gasteiger charge is 2.59. The highest BCUT2D eigenvalue weighted by Crippen LogP contribution is 2.67. The van der Waals surface area contributed by atoms with Crippen molar-refractivity contribution >= 4 is 6.09 Å². The summed E-state index contributed by atoms with van der Waals surface area (Å²) in [5.74, 6) is 5.17. The molecule has 0 saturated heterocycles. The maximum atomic E-state index is 13.6. The number of carbonyl (C=O) groups is 1. The Balaban J connectivity index is 0.00000433. The van der Waals surface area contributed by atoms with E-state index in [2.05, 4.69) is 78.7 Å². The monoisotopic (exact) mass is 674 g/mol. The number of unbranched alkanes of at least 4 members (excludes halogenated alkanes) is 5. The SMILES string of the molecule is CC(C)CCC[C@@H](C)[C@H]1CCC2[C@@H]3CC=C4C[C@@H](OC(=O)N(CCCCCCCCN(C)C)CCCN(C)C)CC[C@]4(C)C3CC[C@@]21C.[HH].[HH]. The standard InChI is InChI=1S/C43H79N3O2.2H2/c1-33(2)18-16-19-34(3)38-22-23-39-37-21-20-35-32-36(24-26-42(35,4)40(37)25-27-43(38,39)5)48-41(47)46(31-17-29-45(8)9)30-15-13-11-10-12-14-28-44(6)7;;/h20,33-34,36-40H,10-19,21-32H2,1-9H3;2*1H/t34-,36+,37+,38-,39?,40?,42+,43-;;/m1../s1. The van der Waals surface area contributed by atoms with Gasteiger partial charge in [-0.15, -0.1) is 0 Å². The molecule has 1 amide bonds. The molecule has 282 valence electrons. The zero-order chi connectivity index (χ0) is 34.9. The van der Waals surface area contributed by atoms with Crippen LogP contribution in [-0.2, 0) is 4.74 Å². The first-order valence-corrected chi connectivity index (χ1v) is 20.8. The summed E-state index contributed by atoms with van der Waals surface area (Å²) in [5, 5.41) is 0. The molecule has 0 spiro atoms. The molecule has 0 aromatic carbocycles. The number of hydrogen-bond donors (Lipinski definition) is 0. The summed E-state index contributed by atoms with van der Waals surface area (Å²) in [4.78, 5) is 20.2. The zero-order valence-electron chi connectivity index (χ0n) is 33.3. The average molecular weight is 674 g/mol. The van der Waals surface area contributed by atoms with E-state index in [-0.39, 0.29) is 15.1 Å². The van der Waals surface area contributed by atoms with Crippen LogP contribution in [0, 0.1) is 46.3 Å². The molecular formula is C43H83N3O2. The molecule has 0 aromatic rings. The van der Waals surface area contributed by atoms with Gasteiger partial charge in [-0.3, -0.25) is 0 Å². The summed E-state index contributed by atoms with van der Waals surface area (Å²) in [6.45, 7) is 16.5. The highest BCUT2D eigenvalue weighted by atomic mass is 16.6. The van der Waals surface area contributed by atoms with Crippen molar-refractivity contribution in [3.63, 3.8) is 0 Å². The summed E-state index contributed by atoms with van der Waals surface area (Å²) >= 11 is 0. The van der Waals surface area contributed by atoms with Crippen LogP contribution in [0.4, 0.5) is 4.79 Å². The summed E-state index contributed by atoms with van der Waals surface area (Å²) < 4.78 is 6.37. The molecule has 4 aliphatic carbocycles. The van der Waals surface area contributed by atoms with Gasteiger partial charge in [0.2, 0.25) is 0 Å². The number of hydrogen-bond acceptors (Lipinski definition) is 4. The predicted molar refractivity (Wildman–Crippen MR) is 209 cm³/mol. The molecule has 48 heavy (non-hydrogen) atoms. The number of amides is 1. The second-order valence-electron chi connectivity index (χ2n) is 18.6. The van der Waals surface area contributed by atoms with Crippen LogP contribution in [0.5, 0.6) is 0 Å². The minimum Gasteiger partial charge on any atom is -0.446 e. The number of ether oxygens (including phenoxy) is 1. The smallest absolute Gasteiger partial charge is 0.410 e. The van der Waals surface area contributed by atoms with Gasteiger partial charge in [0.05, 0.1) is 0 Å². The van der Waals surface area contributed by atoms with E-state index in [9.17, 15) is 4.79 Å².